The molecule has 2 amide bonds. The van der Waals surface area contributed by atoms with Crippen LogP contribution in [0.5, 0.6) is 0 Å². The Morgan fingerprint density at radius 2 is 2.50 bits per heavy atom. The Morgan fingerprint density at radius 3 is 3.20 bits per heavy atom. The highest BCUT2D eigenvalue weighted by molar-refractivity contribution is 6.32. The van der Waals surface area contributed by atoms with Gasteiger partial charge in [0.25, 0.3) is 0 Å². The SMILES string of the molecule is CN(CCO)C(=O)NC1CCN(c2ncccc2Cl)C1. The maximum Gasteiger partial charge on any atom is 0.317 e. The smallest absolute Gasteiger partial charge is 0.317 e. The zero-order chi connectivity index (χ0) is 14.5. The summed E-state index contributed by atoms with van der Waals surface area (Å²) in [6.07, 6.45) is 2.56. The van der Waals surface area contributed by atoms with Gasteiger partial charge in [0.1, 0.15) is 5.82 Å². The largest absolute Gasteiger partial charge is 0.395 e. The number of aromatic nitrogens is 1. The van der Waals surface area contributed by atoms with E-state index in [1.165, 1.54) is 4.90 Å². The van der Waals surface area contributed by atoms with Crippen LogP contribution in [0.15, 0.2) is 18.3 Å². The number of aliphatic hydroxyl groups excluding tert-OH is 1. The van der Waals surface area contributed by atoms with Gasteiger partial charge in [-0.15, -0.1) is 0 Å². The fourth-order valence-corrected chi connectivity index (χ4v) is 2.46. The van der Waals surface area contributed by atoms with Gasteiger partial charge in [-0.1, -0.05) is 11.6 Å². The number of halogens is 1. The van der Waals surface area contributed by atoms with Crippen molar-refractivity contribution in [2.45, 2.75) is 12.5 Å². The molecule has 1 aromatic rings. The third-order valence-corrected chi connectivity index (χ3v) is 3.63. The highest BCUT2D eigenvalue weighted by Crippen LogP contribution is 2.25. The Labute approximate surface area is 123 Å². The number of urea groups is 1. The number of amides is 2. The molecule has 0 saturated carbocycles. The summed E-state index contributed by atoms with van der Waals surface area (Å²) < 4.78 is 0. The van der Waals surface area contributed by atoms with Crippen LogP contribution in [0.2, 0.25) is 5.02 Å². The number of anilines is 1. The van der Waals surface area contributed by atoms with Crippen LogP contribution in [0.3, 0.4) is 0 Å². The molecule has 6 nitrogen and oxygen atoms in total. The first-order valence-corrected chi connectivity index (χ1v) is 6.97. The molecule has 1 saturated heterocycles. The molecule has 110 valence electrons. The number of hydrogen-bond donors (Lipinski definition) is 2. The molecule has 20 heavy (non-hydrogen) atoms. The molecule has 0 spiro atoms. The molecule has 2 N–H and O–H groups in total. The zero-order valence-electron chi connectivity index (χ0n) is 11.4. The van der Waals surface area contributed by atoms with Crippen LogP contribution >= 0.6 is 11.6 Å². The van der Waals surface area contributed by atoms with Gasteiger partial charge in [-0.3, -0.25) is 0 Å². The molecule has 1 fully saturated rings. The molecular formula is C13H19ClN4O2. The number of rotatable bonds is 4. The van der Waals surface area contributed by atoms with Gasteiger partial charge in [0.15, 0.2) is 0 Å². The van der Waals surface area contributed by atoms with Crippen molar-refractivity contribution in [3.8, 4) is 0 Å². The summed E-state index contributed by atoms with van der Waals surface area (Å²) in [5, 5.41) is 12.4. The molecule has 1 aromatic heterocycles. The summed E-state index contributed by atoms with van der Waals surface area (Å²) in [6.45, 7) is 1.79. The molecule has 0 radical (unpaired) electrons. The topological polar surface area (TPSA) is 68.7 Å². The van der Waals surface area contributed by atoms with E-state index in [2.05, 4.69) is 15.2 Å². The molecule has 2 heterocycles. The Morgan fingerprint density at radius 1 is 1.70 bits per heavy atom. The molecule has 1 aliphatic heterocycles. The summed E-state index contributed by atoms with van der Waals surface area (Å²) >= 11 is 6.12. The van der Waals surface area contributed by atoms with Crippen molar-refractivity contribution < 1.29 is 9.90 Å². The Kier molecular flexibility index (Phi) is 5.03. The van der Waals surface area contributed by atoms with Gasteiger partial charge < -0.3 is 20.2 Å². The van der Waals surface area contributed by atoms with E-state index < -0.39 is 0 Å². The monoisotopic (exact) mass is 298 g/mol. The van der Waals surface area contributed by atoms with Crippen molar-refractivity contribution >= 4 is 23.4 Å². The van der Waals surface area contributed by atoms with Gasteiger partial charge in [0.2, 0.25) is 0 Å². The minimum Gasteiger partial charge on any atom is -0.395 e. The van der Waals surface area contributed by atoms with E-state index in [0.29, 0.717) is 18.1 Å². The van der Waals surface area contributed by atoms with Crippen LogP contribution in [0.4, 0.5) is 10.6 Å². The second kappa shape index (κ2) is 6.76. The third-order valence-electron chi connectivity index (χ3n) is 3.34. The fraction of sp³-hybridized carbons (Fsp3) is 0.538. The highest BCUT2D eigenvalue weighted by atomic mass is 35.5. The van der Waals surface area contributed by atoms with E-state index in [9.17, 15) is 4.79 Å². The van der Waals surface area contributed by atoms with Crippen molar-refractivity contribution in [1.82, 2.24) is 15.2 Å². The lowest BCUT2D eigenvalue weighted by molar-refractivity contribution is 0.188. The average Bonchev–Trinajstić information content (AvgIpc) is 2.87. The summed E-state index contributed by atoms with van der Waals surface area (Å²) in [6, 6.07) is 3.51. The van der Waals surface area contributed by atoms with E-state index in [0.717, 1.165) is 18.8 Å². The van der Waals surface area contributed by atoms with E-state index >= 15 is 0 Å². The number of aliphatic hydroxyl groups is 1. The van der Waals surface area contributed by atoms with Crippen molar-refractivity contribution in [3.63, 3.8) is 0 Å². The van der Waals surface area contributed by atoms with Gasteiger partial charge in [0.05, 0.1) is 11.6 Å². The predicted molar refractivity (Wildman–Crippen MR) is 78.1 cm³/mol. The highest BCUT2D eigenvalue weighted by Gasteiger charge is 2.26. The summed E-state index contributed by atoms with van der Waals surface area (Å²) in [5.74, 6) is 0.759. The molecule has 1 atom stereocenters. The molecule has 7 heteroatoms. The quantitative estimate of drug-likeness (QED) is 0.868. The molecule has 0 bridgehead atoms. The third kappa shape index (κ3) is 3.52. The van der Waals surface area contributed by atoms with Crippen LogP contribution in [-0.4, -0.2) is 60.4 Å². The van der Waals surface area contributed by atoms with Gasteiger partial charge >= 0.3 is 6.03 Å². The second-order valence-corrected chi connectivity index (χ2v) is 5.24. The first-order chi connectivity index (χ1) is 9.61. The van der Waals surface area contributed by atoms with Gasteiger partial charge in [-0.05, 0) is 18.6 Å². The van der Waals surface area contributed by atoms with E-state index in [1.54, 1.807) is 19.3 Å². The Hall–Kier alpha value is -1.53. The number of hydrogen-bond acceptors (Lipinski definition) is 4. The Balaban J connectivity index is 1.90. The number of likely N-dealkylation sites (N-methyl/N-ethyl adjacent to an activating group) is 1. The van der Waals surface area contributed by atoms with Gasteiger partial charge in [-0.2, -0.15) is 0 Å². The van der Waals surface area contributed by atoms with E-state index in [4.69, 9.17) is 16.7 Å². The first kappa shape index (κ1) is 14.9. The van der Waals surface area contributed by atoms with Gasteiger partial charge in [-0.25, -0.2) is 9.78 Å². The standard InChI is InChI=1S/C13H19ClN4O2/c1-17(7-8-19)13(20)16-10-4-6-18(9-10)12-11(14)3-2-5-15-12/h2-3,5,10,19H,4,6-9H2,1H3,(H,16,20). The predicted octanol–water partition coefficient (Wildman–Crippen LogP) is 0.947. The minimum atomic E-state index is -0.169. The molecule has 1 unspecified atom stereocenters. The maximum absolute atomic E-state index is 11.8. The number of pyridine rings is 1. The number of nitrogens with zero attached hydrogens (tertiary/aromatic N) is 3. The summed E-state index contributed by atoms with van der Waals surface area (Å²) in [7, 11) is 1.66. The normalized spacial score (nSPS) is 18.1. The number of nitrogens with one attached hydrogen (secondary N) is 1. The van der Waals surface area contributed by atoms with Crippen molar-refractivity contribution in [1.29, 1.82) is 0 Å². The maximum atomic E-state index is 11.8. The van der Waals surface area contributed by atoms with E-state index in [-0.39, 0.29) is 18.7 Å². The van der Waals surface area contributed by atoms with Crippen LogP contribution < -0.4 is 10.2 Å². The van der Waals surface area contributed by atoms with Crippen LogP contribution in [0.1, 0.15) is 6.42 Å². The van der Waals surface area contributed by atoms with Crippen LogP contribution in [0, 0.1) is 0 Å². The van der Waals surface area contributed by atoms with Gasteiger partial charge in [0, 0.05) is 38.9 Å². The van der Waals surface area contributed by atoms with Crippen LogP contribution in [0.25, 0.3) is 0 Å². The molecule has 1 aliphatic rings. The van der Waals surface area contributed by atoms with Crippen LogP contribution in [-0.2, 0) is 0 Å². The fourth-order valence-electron chi connectivity index (χ4n) is 2.22. The lowest BCUT2D eigenvalue weighted by Crippen LogP contribution is -2.45. The van der Waals surface area contributed by atoms with Crippen molar-refractivity contribution in [3.05, 3.63) is 23.4 Å². The second-order valence-electron chi connectivity index (χ2n) is 4.84. The number of carbonyl (C=O) groups is 1. The van der Waals surface area contributed by atoms with Crippen molar-refractivity contribution in [2.24, 2.45) is 0 Å². The molecular weight excluding hydrogens is 280 g/mol. The zero-order valence-corrected chi connectivity index (χ0v) is 12.2. The van der Waals surface area contributed by atoms with Crippen molar-refractivity contribution in [2.75, 3.05) is 38.2 Å². The Bertz CT molecular complexity index is 471. The lowest BCUT2D eigenvalue weighted by atomic mass is 10.3. The van der Waals surface area contributed by atoms with E-state index in [1.807, 2.05) is 6.07 Å². The average molecular weight is 299 g/mol. The molecule has 0 aliphatic carbocycles. The number of carbonyl (C=O) groups excluding carboxylic acids is 1. The summed E-state index contributed by atoms with van der Waals surface area (Å²) in [4.78, 5) is 19.7. The summed E-state index contributed by atoms with van der Waals surface area (Å²) in [5.41, 5.74) is 0. The first-order valence-electron chi connectivity index (χ1n) is 6.59. The molecule has 0 aromatic carbocycles. The molecule has 2 rings (SSSR count). The lowest BCUT2D eigenvalue weighted by Gasteiger charge is -2.21. The minimum absolute atomic E-state index is 0.0374.